The van der Waals surface area contributed by atoms with Crippen LogP contribution in [-0.2, 0) is 29.1 Å². The number of para-hydroxylation sites is 1. The average molecular weight is 586 g/mol. The molecule has 1 N–H and O–H groups in total. The number of anilines is 1. The Morgan fingerprint density at radius 3 is 2.55 bits per heavy atom. The van der Waals surface area contributed by atoms with Crippen molar-refractivity contribution in [3.8, 4) is 0 Å². The number of nitrogens with zero attached hydrogens (tertiary/aromatic N) is 4. The van der Waals surface area contributed by atoms with Gasteiger partial charge in [0, 0.05) is 69.7 Å². The molecule has 1 aliphatic heterocycles. The van der Waals surface area contributed by atoms with E-state index in [1.165, 1.54) is 5.56 Å². The third-order valence-corrected chi connectivity index (χ3v) is 7.92. The van der Waals surface area contributed by atoms with Gasteiger partial charge in [0.2, 0.25) is 11.8 Å². The first-order valence-corrected chi connectivity index (χ1v) is 14.8. The fraction of sp³-hybridized carbons (Fsp3) is 0.333. The van der Waals surface area contributed by atoms with Crippen LogP contribution < -0.4 is 10.5 Å². The molecule has 2 heterocycles. The van der Waals surface area contributed by atoms with E-state index in [1.54, 1.807) is 24.0 Å². The number of carbonyl (C=O) groups is 2. The number of nitrogens with one attached hydrogen (secondary N) is 1. The molecule has 8 nitrogen and oxygen atoms in total. The van der Waals surface area contributed by atoms with Crippen molar-refractivity contribution in [1.29, 1.82) is 0 Å². The maximum atomic E-state index is 13.7. The van der Waals surface area contributed by atoms with Crippen LogP contribution in [0.5, 0.6) is 0 Å². The second-order valence-corrected chi connectivity index (χ2v) is 11.2. The highest BCUT2D eigenvalue weighted by molar-refractivity contribution is 6.30. The van der Waals surface area contributed by atoms with E-state index in [-0.39, 0.29) is 17.4 Å². The first-order chi connectivity index (χ1) is 20.4. The summed E-state index contributed by atoms with van der Waals surface area (Å²) < 4.78 is 0. The Balaban J connectivity index is 1.35. The van der Waals surface area contributed by atoms with Crippen molar-refractivity contribution in [1.82, 2.24) is 19.8 Å². The number of amides is 2. The number of carbonyl (C=O) groups excluding carboxylic acids is 2. The second kappa shape index (κ2) is 13.8. The summed E-state index contributed by atoms with van der Waals surface area (Å²) >= 11 is 6.40. The molecule has 2 amide bonds. The van der Waals surface area contributed by atoms with Crippen LogP contribution in [0.1, 0.15) is 43.1 Å². The summed E-state index contributed by atoms with van der Waals surface area (Å²) in [5, 5.41) is 1.12. The number of rotatable bonds is 6. The van der Waals surface area contributed by atoms with Gasteiger partial charge in [0.25, 0.3) is 5.56 Å². The minimum absolute atomic E-state index is 0.0114. The molecule has 0 radical (unpaired) electrons. The lowest BCUT2D eigenvalue weighted by Crippen LogP contribution is -2.38. The van der Waals surface area contributed by atoms with Crippen molar-refractivity contribution in [2.75, 3.05) is 31.1 Å². The molecule has 3 aromatic carbocycles. The van der Waals surface area contributed by atoms with Crippen molar-refractivity contribution in [3.05, 3.63) is 105 Å². The summed E-state index contributed by atoms with van der Waals surface area (Å²) in [7, 11) is 0. The summed E-state index contributed by atoms with van der Waals surface area (Å²) in [4.78, 5) is 52.3. The standard InChI is InChI=1S/C33H36ClN5O3/c1-24(40)39-18-8-17-37(22-25-9-3-2-4-10-25)19-20-38(23-26-21-27(34)15-16-30(26)39)32(41)14-7-13-31-35-29-12-6-5-11-28(29)33(42)36-31/h2-6,9-12,15-16,21H,7-8,13-14,17-20,22-23H2,1H3,(H,35,36,42). The number of hydrogen-bond donors (Lipinski definition) is 1. The van der Waals surface area contributed by atoms with Gasteiger partial charge in [-0.1, -0.05) is 54.1 Å². The Morgan fingerprint density at radius 1 is 0.952 bits per heavy atom. The van der Waals surface area contributed by atoms with Crippen LogP contribution in [0.3, 0.4) is 0 Å². The number of fused-ring (bicyclic) bond motifs is 2. The summed E-state index contributed by atoms with van der Waals surface area (Å²) in [6, 6.07) is 23.1. The molecule has 0 aliphatic carbocycles. The van der Waals surface area contributed by atoms with E-state index in [0.29, 0.717) is 67.2 Å². The number of halogens is 1. The zero-order valence-electron chi connectivity index (χ0n) is 23.9. The van der Waals surface area contributed by atoms with E-state index in [0.717, 1.165) is 30.8 Å². The molecule has 1 aliphatic rings. The lowest BCUT2D eigenvalue weighted by atomic mass is 10.1. The third-order valence-electron chi connectivity index (χ3n) is 7.68. The van der Waals surface area contributed by atoms with E-state index in [9.17, 15) is 14.4 Å². The topological polar surface area (TPSA) is 89.6 Å². The molecule has 218 valence electrons. The molecule has 9 heteroatoms. The summed E-state index contributed by atoms with van der Waals surface area (Å²) in [6.07, 6.45) is 2.15. The Hall–Kier alpha value is -4.01. The number of benzene rings is 3. The van der Waals surface area contributed by atoms with Gasteiger partial charge in [-0.2, -0.15) is 0 Å². The summed E-state index contributed by atoms with van der Waals surface area (Å²) in [5.41, 5.74) is 3.33. The zero-order valence-corrected chi connectivity index (χ0v) is 24.6. The minimum Gasteiger partial charge on any atom is -0.337 e. The van der Waals surface area contributed by atoms with E-state index in [1.807, 2.05) is 53.4 Å². The summed E-state index contributed by atoms with van der Waals surface area (Å²) in [6.45, 7) is 5.32. The van der Waals surface area contributed by atoms with Crippen molar-refractivity contribution >= 4 is 40.0 Å². The number of aromatic nitrogens is 2. The number of aryl methyl sites for hydroxylation is 1. The van der Waals surface area contributed by atoms with Crippen LogP contribution >= 0.6 is 11.6 Å². The predicted octanol–water partition coefficient (Wildman–Crippen LogP) is 5.19. The molecule has 0 unspecified atom stereocenters. The van der Waals surface area contributed by atoms with Gasteiger partial charge < -0.3 is 14.8 Å². The lowest BCUT2D eigenvalue weighted by Gasteiger charge is -2.28. The van der Waals surface area contributed by atoms with Gasteiger partial charge in [-0.3, -0.25) is 19.3 Å². The molecule has 0 saturated carbocycles. The van der Waals surface area contributed by atoms with Crippen molar-refractivity contribution in [2.24, 2.45) is 0 Å². The molecule has 0 bridgehead atoms. The molecule has 0 fully saturated rings. The zero-order chi connectivity index (χ0) is 29.5. The normalized spacial score (nSPS) is 14.8. The van der Waals surface area contributed by atoms with Gasteiger partial charge in [0.15, 0.2) is 0 Å². The van der Waals surface area contributed by atoms with E-state index in [4.69, 9.17) is 11.6 Å². The maximum Gasteiger partial charge on any atom is 0.258 e. The minimum atomic E-state index is -0.170. The van der Waals surface area contributed by atoms with Gasteiger partial charge in [0.05, 0.1) is 10.9 Å². The second-order valence-electron chi connectivity index (χ2n) is 10.8. The van der Waals surface area contributed by atoms with Crippen LogP contribution in [0.4, 0.5) is 5.69 Å². The van der Waals surface area contributed by atoms with Crippen molar-refractivity contribution in [2.45, 2.75) is 45.7 Å². The Kier molecular flexibility index (Phi) is 9.66. The van der Waals surface area contributed by atoms with Crippen LogP contribution in [0.25, 0.3) is 10.9 Å². The highest BCUT2D eigenvalue weighted by Gasteiger charge is 2.23. The first-order valence-electron chi connectivity index (χ1n) is 14.5. The molecule has 0 saturated heterocycles. The van der Waals surface area contributed by atoms with Crippen molar-refractivity contribution in [3.63, 3.8) is 0 Å². The Bertz CT molecular complexity index is 1610. The highest BCUT2D eigenvalue weighted by Crippen LogP contribution is 2.27. The molecule has 0 atom stereocenters. The van der Waals surface area contributed by atoms with Crippen LogP contribution in [0.2, 0.25) is 5.02 Å². The van der Waals surface area contributed by atoms with Gasteiger partial charge in [0.1, 0.15) is 5.82 Å². The number of H-pyrrole nitrogens is 1. The number of hydrogen-bond acceptors (Lipinski definition) is 5. The monoisotopic (exact) mass is 585 g/mol. The average Bonchev–Trinajstić information content (AvgIpc) is 3.01. The quantitative estimate of drug-likeness (QED) is 0.336. The Labute approximate surface area is 250 Å². The van der Waals surface area contributed by atoms with E-state index >= 15 is 0 Å². The van der Waals surface area contributed by atoms with Crippen LogP contribution in [-0.4, -0.2) is 57.8 Å². The molecule has 42 heavy (non-hydrogen) atoms. The van der Waals surface area contributed by atoms with Gasteiger partial charge in [-0.05, 0) is 54.3 Å². The van der Waals surface area contributed by atoms with Crippen LogP contribution in [0, 0.1) is 0 Å². The first kappa shape index (κ1) is 29.5. The van der Waals surface area contributed by atoms with E-state index < -0.39 is 0 Å². The van der Waals surface area contributed by atoms with Crippen molar-refractivity contribution < 1.29 is 9.59 Å². The van der Waals surface area contributed by atoms with Crippen LogP contribution in [0.15, 0.2) is 77.6 Å². The fourth-order valence-electron chi connectivity index (χ4n) is 5.53. The number of aromatic amines is 1. The largest absolute Gasteiger partial charge is 0.337 e. The molecule has 1 aromatic heterocycles. The summed E-state index contributed by atoms with van der Waals surface area (Å²) in [5.74, 6) is 0.548. The lowest BCUT2D eigenvalue weighted by molar-refractivity contribution is -0.132. The van der Waals surface area contributed by atoms with Gasteiger partial charge in [-0.15, -0.1) is 0 Å². The molecule has 4 aromatic rings. The Morgan fingerprint density at radius 2 is 1.74 bits per heavy atom. The van der Waals surface area contributed by atoms with Gasteiger partial charge >= 0.3 is 0 Å². The molecular formula is C33H36ClN5O3. The third kappa shape index (κ3) is 7.43. The smallest absolute Gasteiger partial charge is 0.258 e. The van der Waals surface area contributed by atoms with E-state index in [2.05, 4.69) is 27.0 Å². The molecule has 5 rings (SSSR count). The molecular weight excluding hydrogens is 550 g/mol. The highest BCUT2D eigenvalue weighted by atomic mass is 35.5. The predicted molar refractivity (Wildman–Crippen MR) is 167 cm³/mol. The fourth-order valence-corrected chi connectivity index (χ4v) is 5.73. The molecule has 0 spiro atoms. The maximum absolute atomic E-state index is 13.7. The van der Waals surface area contributed by atoms with Gasteiger partial charge in [-0.25, -0.2) is 4.98 Å². The SMILES string of the molecule is CC(=O)N1CCCN(Cc2ccccc2)CCN(C(=O)CCCc2nc3ccccc3c(=O)[nH]2)Cc2cc(Cl)ccc21.